The molecule has 21 heteroatoms. The van der Waals surface area contributed by atoms with Gasteiger partial charge in [-0.2, -0.15) is 0 Å². The molecular weight excluding hydrogens is 997 g/mol. The molecule has 2 aliphatic carbocycles. The Morgan fingerprint density at radius 1 is 0.649 bits per heavy atom. The number of carbonyl (C=O) groups excluding carboxylic acids is 7. The van der Waals surface area contributed by atoms with Gasteiger partial charge in [-0.1, -0.05) is 58.4 Å². The number of nitrogens with two attached hydrogens (primary N) is 1. The molecule has 6 N–H and O–H groups in total. The SMILES string of the molecule is CCOCCOCCOCCC(=O)N[C@H](C(=O)C[C@@H](CCCNC(N)=O)C(=O)Nc1ccc(CC)cc1)C(C)C.CCOCCOCCOCCOCCOCCNC(=O)CCN1C(=O)C2C3C=C(C(C)C)C(C3)C2C1=O. The van der Waals surface area contributed by atoms with Crippen molar-refractivity contribution < 1.29 is 71.5 Å². The number of nitrogens with one attached hydrogen (secondary N) is 4. The largest absolute Gasteiger partial charge is 0.379 e. The summed E-state index contributed by atoms with van der Waals surface area (Å²) in [6, 6.07) is 6.16. The summed E-state index contributed by atoms with van der Waals surface area (Å²) in [4.78, 5) is 89.4. The highest BCUT2D eigenvalue weighted by atomic mass is 16.6. The highest BCUT2D eigenvalue weighted by Crippen LogP contribution is 2.57. The van der Waals surface area contributed by atoms with Gasteiger partial charge in [-0.15, -0.1) is 0 Å². The van der Waals surface area contributed by atoms with Gasteiger partial charge in [0.05, 0.1) is 110 Å². The Bertz CT molecular complexity index is 1950. The molecule has 77 heavy (non-hydrogen) atoms. The van der Waals surface area contributed by atoms with Crippen LogP contribution in [0.15, 0.2) is 35.9 Å². The first-order valence-electron chi connectivity index (χ1n) is 27.8. The zero-order valence-electron chi connectivity index (χ0n) is 47.0. The number of hydrogen-bond acceptors (Lipinski definition) is 15. The molecule has 7 amide bonds. The number of nitrogens with zero attached hydrogens (tertiary/aromatic N) is 1. The molecule has 436 valence electrons. The van der Waals surface area contributed by atoms with E-state index < -0.39 is 18.0 Å². The molecule has 1 saturated heterocycles. The highest BCUT2D eigenvalue weighted by molar-refractivity contribution is 6.06. The number of fused-ring (bicyclic) bond motifs is 5. The Labute approximate surface area is 456 Å². The minimum atomic E-state index is -0.739. The number of imide groups is 1. The second-order valence-corrected chi connectivity index (χ2v) is 19.8. The van der Waals surface area contributed by atoms with Crippen molar-refractivity contribution in [3.8, 4) is 0 Å². The number of aryl methyl sites for hydroxylation is 1. The van der Waals surface area contributed by atoms with Crippen LogP contribution in [0.1, 0.15) is 92.6 Å². The predicted molar refractivity (Wildman–Crippen MR) is 290 cm³/mol. The molecule has 1 heterocycles. The zero-order valence-corrected chi connectivity index (χ0v) is 47.0. The first-order valence-corrected chi connectivity index (χ1v) is 27.8. The number of benzene rings is 1. The summed E-state index contributed by atoms with van der Waals surface area (Å²) in [5.74, 6) is -1.71. The van der Waals surface area contributed by atoms with Crippen molar-refractivity contribution in [1.29, 1.82) is 0 Å². The van der Waals surface area contributed by atoms with Crippen LogP contribution < -0.4 is 27.0 Å². The fourth-order valence-electron chi connectivity index (χ4n) is 9.49. The van der Waals surface area contributed by atoms with E-state index in [-0.39, 0.29) is 97.3 Å². The number of anilines is 1. The van der Waals surface area contributed by atoms with Crippen molar-refractivity contribution in [2.75, 3.05) is 131 Å². The van der Waals surface area contributed by atoms with E-state index in [1.54, 1.807) is 0 Å². The average Bonchev–Trinajstić information content (AvgIpc) is 4.21. The molecule has 0 spiro atoms. The van der Waals surface area contributed by atoms with Crippen molar-refractivity contribution in [3.05, 3.63) is 41.5 Å². The van der Waals surface area contributed by atoms with Gasteiger partial charge in [0.15, 0.2) is 5.78 Å². The number of rotatable bonds is 42. The summed E-state index contributed by atoms with van der Waals surface area (Å²) >= 11 is 0. The molecule has 1 aliphatic heterocycles. The van der Waals surface area contributed by atoms with Crippen LogP contribution in [0.5, 0.6) is 0 Å². The normalized spacial score (nSPS) is 18.2. The number of ketones is 1. The Morgan fingerprint density at radius 3 is 1.70 bits per heavy atom. The maximum Gasteiger partial charge on any atom is 0.312 e. The minimum absolute atomic E-state index is 0.0475. The fraction of sp³-hybridized carbons (Fsp3) is 0.732. The topological polar surface area (TPSA) is 271 Å². The van der Waals surface area contributed by atoms with Crippen LogP contribution in [0.25, 0.3) is 0 Å². The minimum Gasteiger partial charge on any atom is -0.379 e. The summed E-state index contributed by atoms with van der Waals surface area (Å²) in [5, 5.41) is 11.0. The number of carbonyl (C=O) groups is 7. The van der Waals surface area contributed by atoms with E-state index in [0.717, 1.165) is 18.4 Å². The first-order chi connectivity index (χ1) is 37.1. The standard InChI is InChI=1S/C29H48N4O7.C27H44N2O8/c1-5-22-9-11-24(12-10-22)32-28(36)23(8-7-14-31-29(30)37)20-25(34)27(21(3)4)33-26(35)13-15-39-18-19-40-17-16-38-6-2;1-4-33-9-10-35-13-14-37-16-15-36-12-11-34-8-6-28-23(30)5-7-29-26(31)24-20-17-21(19(2)3)22(18-20)25(24)27(29)32/h9-12,21,23,27H,5-8,13-20H2,1-4H3,(H,32,36)(H,33,35)(H3,30,31,37);17,19-20,22,24-25H,4-16,18H2,1-3H3,(H,28,30)/t23-,27+;/m1./s1. The number of hydrogen-bond donors (Lipinski definition) is 5. The van der Waals surface area contributed by atoms with Gasteiger partial charge in [-0.05, 0) is 80.9 Å². The average molecular weight is 1090 g/mol. The van der Waals surface area contributed by atoms with Crippen LogP contribution >= 0.6 is 0 Å². The van der Waals surface area contributed by atoms with Crippen LogP contribution in [-0.2, 0) is 73.1 Å². The molecule has 21 nitrogen and oxygen atoms in total. The van der Waals surface area contributed by atoms with Crippen LogP contribution in [-0.4, -0.2) is 178 Å². The molecule has 0 radical (unpaired) electrons. The maximum absolute atomic E-state index is 13.3. The summed E-state index contributed by atoms with van der Waals surface area (Å²) < 4.78 is 42.8. The molecule has 2 fully saturated rings. The Balaban J connectivity index is 0.000000406. The quantitative estimate of drug-likeness (QED) is 0.0348. The molecule has 2 bridgehead atoms. The fourth-order valence-corrected chi connectivity index (χ4v) is 9.49. The van der Waals surface area contributed by atoms with Crippen LogP contribution in [0, 0.1) is 41.4 Å². The van der Waals surface area contributed by atoms with E-state index in [1.165, 1.54) is 10.5 Å². The van der Waals surface area contributed by atoms with Crippen LogP contribution in [0.3, 0.4) is 0 Å². The Morgan fingerprint density at radius 2 is 1.18 bits per heavy atom. The number of allylic oxidation sites excluding steroid dienone is 2. The number of ether oxygens (including phenoxy) is 8. The van der Waals surface area contributed by atoms with E-state index in [4.69, 9.17) is 43.6 Å². The van der Waals surface area contributed by atoms with Gasteiger partial charge in [0.1, 0.15) is 0 Å². The third kappa shape index (κ3) is 25.2. The van der Waals surface area contributed by atoms with Crippen molar-refractivity contribution in [3.63, 3.8) is 0 Å². The number of likely N-dealkylation sites (tertiary alicyclic amines) is 1. The second-order valence-electron chi connectivity index (χ2n) is 19.8. The van der Waals surface area contributed by atoms with Crippen molar-refractivity contribution in [2.45, 2.75) is 99.5 Å². The van der Waals surface area contributed by atoms with E-state index in [9.17, 15) is 33.6 Å². The van der Waals surface area contributed by atoms with Crippen molar-refractivity contribution in [1.82, 2.24) is 20.9 Å². The third-order valence-corrected chi connectivity index (χ3v) is 13.5. The zero-order chi connectivity index (χ0) is 56.4. The monoisotopic (exact) mass is 1090 g/mol. The third-order valence-electron chi connectivity index (χ3n) is 13.5. The van der Waals surface area contributed by atoms with Gasteiger partial charge in [0.25, 0.3) is 0 Å². The Hall–Kier alpha value is -4.87. The van der Waals surface area contributed by atoms with Gasteiger partial charge in [-0.3, -0.25) is 33.7 Å². The summed E-state index contributed by atoms with van der Waals surface area (Å²) in [5.41, 5.74) is 8.24. The molecule has 0 aromatic heterocycles. The number of Topliss-reactive ketones (excluding diaryl/α,β-unsaturated/α-hetero) is 1. The van der Waals surface area contributed by atoms with E-state index >= 15 is 0 Å². The first kappa shape index (κ1) is 66.4. The Kier molecular flexibility index (Phi) is 33.3. The lowest BCUT2D eigenvalue weighted by Gasteiger charge is -2.24. The smallest absolute Gasteiger partial charge is 0.312 e. The lowest BCUT2D eigenvalue weighted by molar-refractivity contribution is -0.141. The molecule has 1 aromatic rings. The lowest BCUT2D eigenvalue weighted by atomic mass is 9.78. The van der Waals surface area contributed by atoms with Crippen LogP contribution in [0.2, 0.25) is 0 Å². The van der Waals surface area contributed by atoms with E-state index in [0.29, 0.717) is 137 Å². The van der Waals surface area contributed by atoms with Gasteiger partial charge in [-0.25, -0.2) is 4.79 Å². The predicted octanol–water partition coefficient (Wildman–Crippen LogP) is 4.24. The molecule has 3 aliphatic rings. The summed E-state index contributed by atoms with van der Waals surface area (Å²) in [7, 11) is 0. The number of urea groups is 1. The van der Waals surface area contributed by atoms with Gasteiger partial charge >= 0.3 is 6.03 Å². The van der Waals surface area contributed by atoms with Crippen LogP contribution in [0.4, 0.5) is 10.5 Å². The molecule has 1 saturated carbocycles. The van der Waals surface area contributed by atoms with E-state index in [1.807, 2.05) is 58.9 Å². The molecule has 4 unspecified atom stereocenters. The van der Waals surface area contributed by atoms with Gasteiger partial charge in [0, 0.05) is 63.7 Å². The number of amides is 7. The summed E-state index contributed by atoms with van der Waals surface area (Å²) in [6.07, 6.45) is 5.02. The second kappa shape index (κ2) is 38.7. The van der Waals surface area contributed by atoms with Crippen molar-refractivity contribution >= 4 is 47.0 Å². The number of primary amides is 1. The van der Waals surface area contributed by atoms with Gasteiger partial charge in [0.2, 0.25) is 29.5 Å². The van der Waals surface area contributed by atoms with Crippen molar-refractivity contribution in [2.24, 2.45) is 47.2 Å². The summed E-state index contributed by atoms with van der Waals surface area (Å²) in [6.45, 7) is 22.4. The molecule has 1 aromatic carbocycles. The molecular formula is C56H92N6O15. The maximum atomic E-state index is 13.3. The highest BCUT2D eigenvalue weighted by Gasteiger charge is 2.61. The molecule has 6 atom stereocenters. The van der Waals surface area contributed by atoms with E-state index in [2.05, 4.69) is 41.2 Å². The molecule has 4 rings (SSSR count). The van der Waals surface area contributed by atoms with Gasteiger partial charge < -0.3 is 64.9 Å². The lowest BCUT2D eigenvalue weighted by Crippen LogP contribution is -2.45.